The maximum absolute atomic E-state index is 12.3. The van der Waals surface area contributed by atoms with Gasteiger partial charge in [0.1, 0.15) is 0 Å². The molecule has 3 unspecified atom stereocenters. The lowest BCUT2D eigenvalue weighted by Crippen LogP contribution is -2.44. The van der Waals surface area contributed by atoms with E-state index < -0.39 is 0 Å². The molecule has 0 radical (unpaired) electrons. The number of fused-ring (bicyclic) bond motifs is 2. The Balaban J connectivity index is 1.51. The summed E-state index contributed by atoms with van der Waals surface area (Å²) in [6, 6.07) is 1.02. The van der Waals surface area contributed by atoms with Crippen molar-refractivity contribution in [2.75, 3.05) is 13.6 Å². The molecule has 0 spiro atoms. The Morgan fingerprint density at radius 1 is 1.35 bits per heavy atom. The number of hydrogen-bond acceptors (Lipinski definition) is 3. The standard InChI is InChI=1S/C13H22N2O2/c1-15(7-8-4-10(16)5-8)13(17)11-6-9-2-3-12(11)14-9/h8-12,14,16H,2-7H2,1H3. The minimum atomic E-state index is -0.118. The van der Waals surface area contributed by atoms with Crippen molar-refractivity contribution in [3.05, 3.63) is 0 Å². The summed E-state index contributed by atoms with van der Waals surface area (Å²) in [6.07, 6.45) is 5.05. The van der Waals surface area contributed by atoms with E-state index in [1.165, 1.54) is 6.42 Å². The van der Waals surface area contributed by atoms with Crippen LogP contribution < -0.4 is 5.32 Å². The number of aliphatic hydroxyl groups excluding tert-OH is 1. The molecule has 96 valence electrons. The summed E-state index contributed by atoms with van der Waals surface area (Å²) >= 11 is 0. The minimum Gasteiger partial charge on any atom is -0.393 e. The highest BCUT2D eigenvalue weighted by Gasteiger charge is 2.44. The Hall–Kier alpha value is -0.610. The highest BCUT2D eigenvalue weighted by molar-refractivity contribution is 5.80. The summed E-state index contributed by atoms with van der Waals surface area (Å²) in [6.45, 7) is 0.823. The van der Waals surface area contributed by atoms with Gasteiger partial charge in [-0.05, 0) is 38.0 Å². The first-order chi connectivity index (χ1) is 8.13. The molecule has 3 atom stereocenters. The maximum Gasteiger partial charge on any atom is 0.227 e. The van der Waals surface area contributed by atoms with Gasteiger partial charge in [-0.25, -0.2) is 0 Å². The maximum atomic E-state index is 12.3. The van der Waals surface area contributed by atoms with Crippen molar-refractivity contribution in [3.63, 3.8) is 0 Å². The normalized spacial score (nSPS) is 43.5. The molecule has 1 aliphatic carbocycles. The van der Waals surface area contributed by atoms with Gasteiger partial charge in [-0.2, -0.15) is 0 Å². The number of hydrogen-bond donors (Lipinski definition) is 2. The lowest BCUT2D eigenvalue weighted by atomic mass is 9.81. The second-order valence-corrected chi connectivity index (χ2v) is 6.10. The molecular formula is C13H22N2O2. The van der Waals surface area contributed by atoms with Crippen LogP contribution in [0.4, 0.5) is 0 Å². The highest BCUT2D eigenvalue weighted by atomic mass is 16.3. The minimum absolute atomic E-state index is 0.118. The van der Waals surface area contributed by atoms with Gasteiger partial charge in [0.25, 0.3) is 0 Å². The van der Waals surface area contributed by atoms with Crippen molar-refractivity contribution in [1.29, 1.82) is 0 Å². The van der Waals surface area contributed by atoms with Crippen molar-refractivity contribution in [2.45, 2.75) is 50.3 Å². The van der Waals surface area contributed by atoms with E-state index in [1.807, 2.05) is 11.9 Å². The number of nitrogens with zero attached hydrogens (tertiary/aromatic N) is 1. The zero-order valence-corrected chi connectivity index (χ0v) is 10.4. The molecular weight excluding hydrogens is 216 g/mol. The van der Waals surface area contributed by atoms with Gasteiger partial charge in [0.2, 0.25) is 5.91 Å². The number of carbonyl (C=O) groups excluding carboxylic acids is 1. The third-order valence-corrected chi connectivity index (χ3v) is 4.74. The van der Waals surface area contributed by atoms with Crippen LogP contribution >= 0.6 is 0 Å². The first-order valence-electron chi connectivity index (χ1n) is 6.82. The van der Waals surface area contributed by atoms with Crippen LogP contribution in [0, 0.1) is 11.8 Å². The molecule has 2 saturated heterocycles. The smallest absolute Gasteiger partial charge is 0.227 e. The number of nitrogens with one attached hydrogen (secondary N) is 1. The van der Waals surface area contributed by atoms with Crippen LogP contribution in [0.3, 0.4) is 0 Å². The van der Waals surface area contributed by atoms with Crippen LogP contribution in [0.25, 0.3) is 0 Å². The van der Waals surface area contributed by atoms with Gasteiger partial charge in [-0.3, -0.25) is 4.79 Å². The third kappa shape index (κ3) is 2.08. The second kappa shape index (κ2) is 4.25. The van der Waals surface area contributed by atoms with Gasteiger partial charge in [0, 0.05) is 25.7 Å². The van der Waals surface area contributed by atoms with Gasteiger partial charge in [-0.15, -0.1) is 0 Å². The molecule has 2 aliphatic heterocycles. The molecule has 2 bridgehead atoms. The Morgan fingerprint density at radius 2 is 2.12 bits per heavy atom. The number of amides is 1. The van der Waals surface area contributed by atoms with Crippen molar-refractivity contribution in [1.82, 2.24) is 10.2 Å². The van der Waals surface area contributed by atoms with E-state index in [4.69, 9.17) is 0 Å². The molecule has 0 aromatic carbocycles. The molecule has 3 aliphatic rings. The third-order valence-electron chi connectivity index (χ3n) is 4.74. The molecule has 0 aromatic heterocycles. The average Bonchev–Trinajstić information content (AvgIpc) is 2.87. The first kappa shape index (κ1) is 11.5. The average molecular weight is 238 g/mol. The largest absolute Gasteiger partial charge is 0.393 e. The van der Waals surface area contributed by atoms with Crippen LogP contribution in [0.5, 0.6) is 0 Å². The van der Waals surface area contributed by atoms with E-state index in [1.54, 1.807) is 0 Å². The fourth-order valence-electron chi connectivity index (χ4n) is 3.71. The van der Waals surface area contributed by atoms with Crippen molar-refractivity contribution < 1.29 is 9.90 Å². The van der Waals surface area contributed by atoms with Gasteiger partial charge >= 0.3 is 0 Å². The molecule has 0 aromatic rings. The summed E-state index contributed by atoms with van der Waals surface area (Å²) in [5.41, 5.74) is 0. The SMILES string of the molecule is CN(CC1CC(O)C1)C(=O)C1CC2CCC1N2. The van der Waals surface area contributed by atoms with Gasteiger partial charge < -0.3 is 15.3 Å². The molecule has 1 saturated carbocycles. The van der Waals surface area contributed by atoms with E-state index in [0.29, 0.717) is 23.9 Å². The molecule has 3 fully saturated rings. The van der Waals surface area contributed by atoms with Crippen LogP contribution in [0.1, 0.15) is 32.1 Å². The summed E-state index contributed by atoms with van der Waals surface area (Å²) in [5.74, 6) is 1.04. The van der Waals surface area contributed by atoms with Crippen LogP contribution in [0.15, 0.2) is 0 Å². The summed E-state index contributed by atoms with van der Waals surface area (Å²) in [7, 11) is 1.92. The lowest BCUT2D eigenvalue weighted by molar-refractivity contribution is -0.136. The van der Waals surface area contributed by atoms with E-state index in [2.05, 4.69) is 5.32 Å². The molecule has 2 heterocycles. The fourth-order valence-corrected chi connectivity index (χ4v) is 3.71. The molecule has 4 nitrogen and oxygen atoms in total. The Labute approximate surface area is 102 Å². The molecule has 17 heavy (non-hydrogen) atoms. The van der Waals surface area contributed by atoms with Crippen LogP contribution in [-0.2, 0) is 4.79 Å². The van der Waals surface area contributed by atoms with E-state index in [0.717, 1.165) is 32.2 Å². The predicted molar refractivity (Wildman–Crippen MR) is 64.4 cm³/mol. The zero-order chi connectivity index (χ0) is 12.0. The molecule has 3 rings (SSSR count). The predicted octanol–water partition coefficient (Wildman–Crippen LogP) is 0.356. The lowest BCUT2D eigenvalue weighted by Gasteiger charge is -2.35. The Morgan fingerprint density at radius 3 is 2.65 bits per heavy atom. The van der Waals surface area contributed by atoms with E-state index >= 15 is 0 Å². The quantitative estimate of drug-likeness (QED) is 0.746. The number of carbonyl (C=O) groups is 1. The topological polar surface area (TPSA) is 52.6 Å². The molecule has 2 N–H and O–H groups in total. The second-order valence-electron chi connectivity index (χ2n) is 6.10. The Kier molecular flexibility index (Phi) is 2.87. The fraction of sp³-hybridized carbons (Fsp3) is 0.923. The number of aliphatic hydroxyl groups is 1. The van der Waals surface area contributed by atoms with Gasteiger partial charge in [0.15, 0.2) is 0 Å². The number of rotatable bonds is 3. The van der Waals surface area contributed by atoms with E-state index in [-0.39, 0.29) is 12.0 Å². The Bertz CT molecular complexity index is 315. The summed E-state index contributed by atoms with van der Waals surface area (Å²) in [4.78, 5) is 14.2. The van der Waals surface area contributed by atoms with Gasteiger partial charge in [-0.1, -0.05) is 0 Å². The zero-order valence-electron chi connectivity index (χ0n) is 10.4. The van der Waals surface area contributed by atoms with Crippen LogP contribution in [0.2, 0.25) is 0 Å². The molecule has 1 amide bonds. The van der Waals surface area contributed by atoms with Crippen molar-refractivity contribution in [2.24, 2.45) is 11.8 Å². The highest BCUT2D eigenvalue weighted by Crippen LogP contribution is 2.35. The van der Waals surface area contributed by atoms with Crippen molar-refractivity contribution in [3.8, 4) is 0 Å². The van der Waals surface area contributed by atoms with Crippen molar-refractivity contribution >= 4 is 5.91 Å². The molecule has 4 heteroatoms. The summed E-state index contributed by atoms with van der Waals surface area (Å²) < 4.78 is 0. The van der Waals surface area contributed by atoms with E-state index in [9.17, 15) is 9.90 Å². The summed E-state index contributed by atoms with van der Waals surface area (Å²) in [5, 5.41) is 12.8. The van der Waals surface area contributed by atoms with Gasteiger partial charge in [0.05, 0.1) is 12.0 Å². The first-order valence-corrected chi connectivity index (χ1v) is 6.82. The monoisotopic (exact) mass is 238 g/mol. The van der Waals surface area contributed by atoms with Crippen LogP contribution in [-0.4, -0.2) is 47.7 Å².